The largest absolute Gasteiger partial charge is 0.342 e. The van der Waals surface area contributed by atoms with E-state index < -0.39 is 5.91 Å². The maximum absolute atomic E-state index is 13.0. The first kappa shape index (κ1) is 15.6. The van der Waals surface area contributed by atoms with E-state index in [0.29, 0.717) is 11.5 Å². The average Bonchev–Trinajstić information content (AvgIpc) is 2.86. The van der Waals surface area contributed by atoms with Gasteiger partial charge in [-0.25, -0.2) is 5.48 Å². The van der Waals surface area contributed by atoms with Gasteiger partial charge in [0.15, 0.2) is 0 Å². The Balaban J connectivity index is 1.51. The summed E-state index contributed by atoms with van der Waals surface area (Å²) in [6, 6.07) is 5.52. The lowest BCUT2D eigenvalue weighted by Crippen LogP contribution is -2.41. The second kappa shape index (κ2) is 5.88. The standard InChI is InChI=1S/C19H24N2O3/c22-17(20-24)15-4-5-16-11-19(7-6-14(16)10-15)8-9-21(18(19)23)12-13-2-1-3-13/h4-5,10,13,24H,1-3,6-9,11-12H2,(H,20,22)/t19-/m1/s1. The van der Waals surface area contributed by atoms with Crippen molar-refractivity contribution in [2.24, 2.45) is 11.3 Å². The van der Waals surface area contributed by atoms with Gasteiger partial charge in [0, 0.05) is 18.7 Å². The number of hydrogen-bond donors (Lipinski definition) is 2. The lowest BCUT2D eigenvalue weighted by molar-refractivity contribution is -0.137. The summed E-state index contributed by atoms with van der Waals surface area (Å²) in [5.41, 5.74) is 4.23. The van der Waals surface area contributed by atoms with Crippen LogP contribution in [-0.2, 0) is 17.6 Å². The molecule has 3 aliphatic rings. The number of carbonyl (C=O) groups is 2. The smallest absolute Gasteiger partial charge is 0.274 e. The Bertz CT molecular complexity index is 683. The summed E-state index contributed by atoms with van der Waals surface area (Å²) in [6.45, 7) is 1.85. The molecule has 24 heavy (non-hydrogen) atoms. The molecule has 2 N–H and O–H groups in total. The number of likely N-dealkylation sites (tertiary alicyclic amines) is 1. The predicted octanol–water partition coefficient (Wildman–Crippen LogP) is 2.31. The van der Waals surface area contributed by atoms with Gasteiger partial charge in [-0.05, 0) is 67.7 Å². The van der Waals surface area contributed by atoms with Gasteiger partial charge in [0.2, 0.25) is 5.91 Å². The Hall–Kier alpha value is -1.88. The third-order valence-electron chi connectivity index (χ3n) is 6.28. The normalized spacial score (nSPS) is 26.4. The van der Waals surface area contributed by atoms with Crippen molar-refractivity contribution in [3.8, 4) is 0 Å². The van der Waals surface area contributed by atoms with Crippen LogP contribution in [0.1, 0.15) is 53.6 Å². The molecule has 128 valence electrons. The molecule has 4 rings (SSSR count). The van der Waals surface area contributed by atoms with Gasteiger partial charge >= 0.3 is 0 Å². The fourth-order valence-electron chi connectivity index (χ4n) is 4.51. The molecule has 1 spiro atoms. The summed E-state index contributed by atoms with van der Waals surface area (Å²) in [7, 11) is 0. The molecule has 1 aliphatic heterocycles. The first-order chi connectivity index (χ1) is 11.6. The van der Waals surface area contributed by atoms with Crippen LogP contribution in [0, 0.1) is 11.3 Å². The van der Waals surface area contributed by atoms with Gasteiger partial charge in [0.05, 0.1) is 5.41 Å². The predicted molar refractivity (Wildman–Crippen MR) is 88.7 cm³/mol. The van der Waals surface area contributed by atoms with E-state index >= 15 is 0 Å². The number of aryl methyl sites for hydroxylation is 1. The molecular formula is C19H24N2O3. The van der Waals surface area contributed by atoms with Crippen molar-refractivity contribution in [1.29, 1.82) is 0 Å². The zero-order chi connectivity index (χ0) is 16.7. The zero-order valence-electron chi connectivity index (χ0n) is 13.9. The van der Waals surface area contributed by atoms with E-state index in [0.717, 1.165) is 50.3 Å². The Labute approximate surface area is 142 Å². The minimum absolute atomic E-state index is 0.225. The third kappa shape index (κ3) is 2.51. The van der Waals surface area contributed by atoms with Crippen LogP contribution in [0.4, 0.5) is 0 Å². The van der Waals surface area contributed by atoms with Gasteiger partial charge in [0.25, 0.3) is 5.91 Å². The van der Waals surface area contributed by atoms with Crippen molar-refractivity contribution in [3.63, 3.8) is 0 Å². The highest BCUT2D eigenvalue weighted by Gasteiger charge is 2.48. The summed E-state index contributed by atoms with van der Waals surface area (Å²) in [5, 5.41) is 8.77. The number of rotatable bonds is 3. The van der Waals surface area contributed by atoms with E-state index in [1.807, 2.05) is 12.1 Å². The Morgan fingerprint density at radius 2 is 2.12 bits per heavy atom. The molecule has 0 aromatic heterocycles. The molecule has 5 heteroatoms. The SMILES string of the molecule is O=C(NO)c1ccc2c(c1)CC[C@@]1(CCN(CC3CCC3)C1=O)C2. The van der Waals surface area contributed by atoms with Crippen molar-refractivity contribution in [2.45, 2.75) is 44.9 Å². The molecule has 2 aliphatic carbocycles. The molecule has 5 nitrogen and oxygen atoms in total. The van der Waals surface area contributed by atoms with Crippen LogP contribution in [0.25, 0.3) is 0 Å². The first-order valence-corrected chi connectivity index (χ1v) is 8.97. The maximum Gasteiger partial charge on any atom is 0.274 e. The van der Waals surface area contributed by atoms with Crippen molar-refractivity contribution < 1.29 is 14.8 Å². The van der Waals surface area contributed by atoms with E-state index in [4.69, 9.17) is 5.21 Å². The Morgan fingerprint density at radius 1 is 1.29 bits per heavy atom. The molecular weight excluding hydrogens is 304 g/mol. The maximum atomic E-state index is 13.0. The minimum atomic E-state index is -0.485. The number of hydroxylamine groups is 1. The summed E-state index contributed by atoms with van der Waals surface area (Å²) in [5.74, 6) is 0.582. The van der Waals surface area contributed by atoms with Gasteiger partial charge in [-0.3, -0.25) is 14.8 Å². The first-order valence-electron chi connectivity index (χ1n) is 8.97. The van der Waals surface area contributed by atoms with Crippen molar-refractivity contribution >= 4 is 11.8 Å². The summed E-state index contributed by atoms with van der Waals surface area (Å²) in [6.07, 6.45) is 7.29. The van der Waals surface area contributed by atoms with Gasteiger partial charge in [-0.1, -0.05) is 12.5 Å². The highest BCUT2D eigenvalue weighted by Crippen LogP contribution is 2.44. The van der Waals surface area contributed by atoms with Crippen LogP contribution in [0.15, 0.2) is 18.2 Å². The van der Waals surface area contributed by atoms with Crippen molar-refractivity contribution in [1.82, 2.24) is 10.4 Å². The second-order valence-electron chi connectivity index (χ2n) is 7.68. The lowest BCUT2D eigenvalue weighted by atomic mass is 9.70. The van der Waals surface area contributed by atoms with Crippen LogP contribution in [0.5, 0.6) is 0 Å². The fraction of sp³-hybridized carbons (Fsp3) is 0.579. The van der Waals surface area contributed by atoms with Gasteiger partial charge in [-0.2, -0.15) is 0 Å². The number of fused-ring (bicyclic) bond motifs is 1. The molecule has 0 radical (unpaired) electrons. The molecule has 0 unspecified atom stereocenters. The van der Waals surface area contributed by atoms with E-state index in [1.165, 1.54) is 24.8 Å². The molecule has 2 amide bonds. The molecule has 2 fully saturated rings. The van der Waals surface area contributed by atoms with Crippen LogP contribution in [0.2, 0.25) is 0 Å². The number of nitrogens with one attached hydrogen (secondary N) is 1. The van der Waals surface area contributed by atoms with Gasteiger partial charge in [-0.15, -0.1) is 0 Å². The number of amides is 2. The molecule has 1 saturated carbocycles. The van der Waals surface area contributed by atoms with Crippen molar-refractivity contribution in [3.05, 3.63) is 34.9 Å². The van der Waals surface area contributed by atoms with E-state index in [1.54, 1.807) is 11.5 Å². The molecule has 1 aromatic rings. The van der Waals surface area contributed by atoms with Crippen LogP contribution < -0.4 is 5.48 Å². The quantitative estimate of drug-likeness (QED) is 0.661. The minimum Gasteiger partial charge on any atom is -0.342 e. The van der Waals surface area contributed by atoms with E-state index in [-0.39, 0.29) is 5.41 Å². The van der Waals surface area contributed by atoms with E-state index in [2.05, 4.69) is 4.90 Å². The lowest BCUT2D eigenvalue weighted by Gasteiger charge is -2.35. The molecule has 1 heterocycles. The second-order valence-corrected chi connectivity index (χ2v) is 7.68. The average molecular weight is 328 g/mol. The molecule has 0 bridgehead atoms. The topological polar surface area (TPSA) is 69.6 Å². The number of nitrogens with zero attached hydrogens (tertiary/aromatic N) is 1. The van der Waals surface area contributed by atoms with Crippen molar-refractivity contribution in [2.75, 3.05) is 13.1 Å². The highest BCUT2D eigenvalue weighted by atomic mass is 16.5. The number of hydrogen-bond acceptors (Lipinski definition) is 3. The zero-order valence-corrected chi connectivity index (χ0v) is 13.9. The highest BCUT2D eigenvalue weighted by molar-refractivity contribution is 5.93. The summed E-state index contributed by atoms with van der Waals surface area (Å²) in [4.78, 5) is 26.7. The Kier molecular flexibility index (Phi) is 3.83. The number of carbonyl (C=O) groups excluding carboxylic acids is 2. The molecule has 1 aromatic carbocycles. The molecule has 1 saturated heterocycles. The van der Waals surface area contributed by atoms with Gasteiger partial charge < -0.3 is 4.90 Å². The third-order valence-corrected chi connectivity index (χ3v) is 6.28. The Morgan fingerprint density at radius 3 is 2.83 bits per heavy atom. The number of benzene rings is 1. The van der Waals surface area contributed by atoms with Crippen LogP contribution in [0.3, 0.4) is 0 Å². The monoisotopic (exact) mass is 328 g/mol. The summed E-state index contributed by atoms with van der Waals surface area (Å²) >= 11 is 0. The van der Waals surface area contributed by atoms with Gasteiger partial charge in [0.1, 0.15) is 0 Å². The van der Waals surface area contributed by atoms with Crippen LogP contribution >= 0.6 is 0 Å². The molecule has 1 atom stereocenters. The van der Waals surface area contributed by atoms with E-state index in [9.17, 15) is 9.59 Å². The fourth-order valence-corrected chi connectivity index (χ4v) is 4.51. The van der Waals surface area contributed by atoms with Crippen LogP contribution in [-0.4, -0.2) is 35.0 Å². The summed E-state index contributed by atoms with van der Waals surface area (Å²) < 4.78 is 0.